The van der Waals surface area contributed by atoms with Crippen molar-refractivity contribution in [1.29, 1.82) is 0 Å². The number of ketones is 1. The molecule has 3 aliphatic rings. The second-order valence-corrected chi connectivity index (χ2v) is 8.18. The third-order valence-corrected chi connectivity index (χ3v) is 6.82. The molecule has 0 aromatic rings. The summed E-state index contributed by atoms with van der Waals surface area (Å²) in [6.07, 6.45) is 14.3. The van der Waals surface area contributed by atoms with Crippen molar-refractivity contribution in [1.82, 2.24) is 0 Å². The molecule has 0 aromatic heterocycles. The molecule has 2 aliphatic heterocycles. The summed E-state index contributed by atoms with van der Waals surface area (Å²) in [6, 6.07) is 0. The monoisotopic (exact) mass is 266 g/mol. The number of carbonyl (C=O) groups is 1. The average molecular weight is 266 g/mol. The molecular weight excluding hydrogens is 240 g/mol. The lowest BCUT2D eigenvalue weighted by atomic mass is 9.80. The maximum Gasteiger partial charge on any atom is 0.139 e. The zero-order valence-electron chi connectivity index (χ0n) is 11.4. The molecule has 1 nitrogen and oxygen atoms in total. The molecule has 0 amide bonds. The highest BCUT2D eigenvalue weighted by Gasteiger charge is 2.37. The lowest BCUT2D eigenvalue weighted by Crippen LogP contribution is -2.35. The molecule has 0 aromatic carbocycles. The van der Waals surface area contributed by atoms with E-state index in [1.807, 2.05) is 0 Å². The molecule has 0 N–H and O–H groups in total. The summed E-state index contributed by atoms with van der Waals surface area (Å²) >= 11 is 2.19. The summed E-state index contributed by atoms with van der Waals surface area (Å²) in [4.78, 5) is 12.7. The highest BCUT2D eigenvalue weighted by molar-refractivity contribution is 8.00. The van der Waals surface area contributed by atoms with Gasteiger partial charge in [0.05, 0.1) is 0 Å². The summed E-state index contributed by atoms with van der Waals surface area (Å²) in [7, 11) is 0. The Morgan fingerprint density at radius 2 is 1.33 bits per heavy atom. The molecule has 0 radical (unpaired) electrons. The first-order valence-corrected chi connectivity index (χ1v) is 8.96. The lowest BCUT2D eigenvalue weighted by molar-refractivity contribution is -0.127. The summed E-state index contributed by atoms with van der Waals surface area (Å²) < 4.78 is 0. The molecule has 1 saturated carbocycles. The molecule has 2 heteroatoms. The molecule has 1 aliphatic carbocycles. The van der Waals surface area contributed by atoms with Gasteiger partial charge in [-0.15, -0.1) is 0 Å². The van der Waals surface area contributed by atoms with Gasteiger partial charge in [0.1, 0.15) is 5.78 Å². The van der Waals surface area contributed by atoms with Crippen molar-refractivity contribution in [3.05, 3.63) is 0 Å². The van der Waals surface area contributed by atoms with Crippen molar-refractivity contribution in [2.24, 2.45) is 11.8 Å². The predicted molar refractivity (Wildman–Crippen MR) is 77.9 cm³/mol. The Balaban J connectivity index is 1.61. The SMILES string of the molecule is O=C(C1CCCCCC1)C1CC2CCCC(C1)S2. The van der Waals surface area contributed by atoms with Gasteiger partial charge in [0, 0.05) is 22.3 Å². The fraction of sp³-hybridized carbons (Fsp3) is 0.938. The Hall–Kier alpha value is 0.0200. The first-order valence-electron chi connectivity index (χ1n) is 8.02. The van der Waals surface area contributed by atoms with E-state index < -0.39 is 0 Å². The van der Waals surface area contributed by atoms with Gasteiger partial charge in [-0.05, 0) is 38.5 Å². The summed E-state index contributed by atoms with van der Waals surface area (Å²) in [6.45, 7) is 0. The van der Waals surface area contributed by atoms with Crippen LogP contribution >= 0.6 is 11.8 Å². The predicted octanol–water partition coefficient (Wildman–Crippen LogP) is 4.59. The van der Waals surface area contributed by atoms with Gasteiger partial charge in [-0.1, -0.05) is 32.1 Å². The topological polar surface area (TPSA) is 17.1 Å². The van der Waals surface area contributed by atoms with Crippen LogP contribution in [-0.2, 0) is 4.79 Å². The Morgan fingerprint density at radius 3 is 1.94 bits per heavy atom. The molecule has 3 rings (SSSR count). The van der Waals surface area contributed by atoms with Crippen LogP contribution in [0.15, 0.2) is 0 Å². The summed E-state index contributed by atoms with van der Waals surface area (Å²) in [5.41, 5.74) is 0. The smallest absolute Gasteiger partial charge is 0.139 e. The van der Waals surface area contributed by atoms with Crippen LogP contribution in [-0.4, -0.2) is 16.3 Å². The van der Waals surface area contributed by atoms with Crippen molar-refractivity contribution >= 4 is 17.5 Å². The Kier molecular flexibility index (Phi) is 4.33. The fourth-order valence-electron chi connectivity index (χ4n) is 4.19. The number of hydrogen-bond acceptors (Lipinski definition) is 2. The third kappa shape index (κ3) is 2.95. The van der Waals surface area contributed by atoms with Crippen LogP contribution in [0.25, 0.3) is 0 Å². The van der Waals surface area contributed by atoms with Gasteiger partial charge in [0.15, 0.2) is 0 Å². The lowest BCUT2D eigenvalue weighted by Gasteiger charge is -2.38. The molecule has 2 saturated heterocycles. The molecule has 0 spiro atoms. The second-order valence-electron chi connectivity index (χ2n) is 6.57. The number of carbonyl (C=O) groups excluding carboxylic acids is 1. The number of thioether (sulfide) groups is 1. The van der Waals surface area contributed by atoms with Gasteiger partial charge in [-0.2, -0.15) is 11.8 Å². The van der Waals surface area contributed by atoms with Gasteiger partial charge in [0.25, 0.3) is 0 Å². The van der Waals surface area contributed by atoms with Gasteiger partial charge in [0.2, 0.25) is 0 Å². The first kappa shape index (κ1) is 13.0. The first-order chi connectivity index (χ1) is 8.83. The van der Waals surface area contributed by atoms with Crippen LogP contribution in [0.4, 0.5) is 0 Å². The Morgan fingerprint density at radius 1 is 0.722 bits per heavy atom. The normalized spacial score (nSPS) is 38.1. The fourth-order valence-corrected chi connectivity index (χ4v) is 6.03. The van der Waals surface area contributed by atoms with Crippen LogP contribution in [0.3, 0.4) is 0 Å². The van der Waals surface area contributed by atoms with Crippen molar-refractivity contribution in [2.45, 2.75) is 81.1 Å². The largest absolute Gasteiger partial charge is 0.299 e. The average Bonchev–Trinajstić information content (AvgIpc) is 2.66. The van der Waals surface area contributed by atoms with E-state index >= 15 is 0 Å². The van der Waals surface area contributed by atoms with E-state index in [2.05, 4.69) is 11.8 Å². The van der Waals surface area contributed by atoms with E-state index in [4.69, 9.17) is 0 Å². The maximum absolute atomic E-state index is 12.7. The number of Topliss-reactive ketones (excluding diaryl/α,β-unsaturated/α-hetero) is 1. The van der Waals surface area contributed by atoms with E-state index in [1.165, 1.54) is 70.6 Å². The molecule has 18 heavy (non-hydrogen) atoms. The van der Waals surface area contributed by atoms with Crippen LogP contribution in [0.5, 0.6) is 0 Å². The molecule has 2 heterocycles. The number of fused-ring (bicyclic) bond motifs is 2. The van der Waals surface area contributed by atoms with Crippen molar-refractivity contribution in [3.8, 4) is 0 Å². The quantitative estimate of drug-likeness (QED) is 0.680. The molecule has 102 valence electrons. The minimum Gasteiger partial charge on any atom is -0.299 e. The van der Waals surface area contributed by atoms with Crippen molar-refractivity contribution < 1.29 is 4.79 Å². The minimum atomic E-state index is 0.432. The molecule has 2 unspecified atom stereocenters. The van der Waals surface area contributed by atoms with E-state index in [0.29, 0.717) is 17.6 Å². The Labute approximate surface area is 115 Å². The van der Waals surface area contributed by atoms with Crippen molar-refractivity contribution in [3.63, 3.8) is 0 Å². The summed E-state index contributed by atoms with van der Waals surface area (Å²) in [5.74, 6) is 1.53. The van der Waals surface area contributed by atoms with Crippen molar-refractivity contribution in [2.75, 3.05) is 0 Å². The van der Waals surface area contributed by atoms with Crippen LogP contribution in [0.2, 0.25) is 0 Å². The van der Waals surface area contributed by atoms with E-state index in [9.17, 15) is 4.79 Å². The zero-order valence-corrected chi connectivity index (χ0v) is 12.2. The molecule has 2 bridgehead atoms. The number of rotatable bonds is 2. The standard InChI is InChI=1S/C16H26OS/c17-16(12-6-3-1-2-4-7-12)13-10-14-8-5-9-15(11-13)18-14/h12-15H,1-11H2. The van der Waals surface area contributed by atoms with Crippen LogP contribution < -0.4 is 0 Å². The van der Waals surface area contributed by atoms with Crippen LogP contribution in [0, 0.1) is 11.8 Å². The van der Waals surface area contributed by atoms with E-state index in [0.717, 1.165) is 10.5 Å². The van der Waals surface area contributed by atoms with Crippen LogP contribution in [0.1, 0.15) is 70.6 Å². The van der Waals surface area contributed by atoms with Gasteiger partial charge in [-0.25, -0.2) is 0 Å². The highest BCUT2D eigenvalue weighted by Crippen LogP contribution is 2.45. The second kappa shape index (κ2) is 5.98. The Bertz CT molecular complexity index is 281. The van der Waals surface area contributed by atoms with Gasteiger partial charge >= 0.3 is 0 Å². The molecular formula is C16H26OS. The number of hydrogen-bond donors (Lipinski definition) is 0. The van der Waals surface area contributed by atoms with E-state index in [-0.39, 0.29) is 0 Å². The third-order valence-electron chi connectivity index (χ3n) is 5.19. The molecule has 2 atom stereocenters. The molecule has 3 fully saturated rings. The zero-order chi connectivity index (χ0) is 12.4. The minimum absolute atomic E-state index is 0.432. The summed E-state index contributed by atoms with van der Waals surface area (Å²) in [5, 5.41) is 1.63. The maximum atomic E-state index is 12.7. The van der Waals surface area contributed by atoms with Gasteiger partial charge in [-0.3, -0.25) is 4.79 Å². The van der Waals surface area contributed by atoms with E-state index in [1.54, 1.807) is 0 Å². The highest BCUT2D eigenvalue weighted by atomic mass is 32.2. The van der Waals surface area contributed by atoms with Gasteiger partial charge < -0.3 is 0 Å².